The van der Waals surface area contributed by atoms with Gasteiger partial charge in [-0.1, -0.05) is 13.8 Å². The molecular weight excluding hydrogens is 416 g/mol. The first-order chi connectivity index (χ1) is 14.7. The second kappa shape index (κ2) is 9.53. The summed E-state index contributed by atoms with van der Waals surface area (Å²) in [6.45, 7) is 5.10. The smallest absolute Gasteiger partial charge is 0.229 e. The Morgan fingerprint density at radius 3 is 2.52 bits per heavy atom. The molecular formula is C23H28N2O5S. The van der Waals surface area contributed by atoms with E-state index in [1.54, 1.807) is 42.5 Å². The van der Waals surface area contributed by atoms with Crippen LogP contribution < -0.4 is 15.2 Å². The zero-order valence-corrected chi connectivity index (χ0v) is 18.8. The molecule has 0 bridgehead atoms. The number of furan rings is 1. The monoisotopic (exact) mass is 444 g/mol. The minimum Gasteiger partial charge on any atom is -0.494 e. The second-order valence-corrected chi connectivity index (χ2v) is 9.33. The van der Waals surface area contributed by atoms with Crippen LogP contribution in [-0.2, 0) is 10.0 Å². The van der Waals surface area contributed by atoms with Crippen molar-refractivity contribution in [3.05, 3.63) is 59.4 Å². The van der Waals surface area contributed by atoms with Gasteiger partial charge in [-0.25, -0.2) is 8.42 Å². The van der Waals surface area contributed by atoms with Crippen molar-refractivity contribution < 1.29 is 22.4 Å². The lowest BCUT2D eigenvalue weighted by molar-refractivity contribution is 0.103. The Bertz CT molecular complexity index is 1170. The number of nitrogens with one attached hydrogen (secondary N) is 1. The number of nitrogens with two attached hydrogens (primary N) is 1. The van der Waals surface area contributed by atoms with Crippen molar-refractivity contribution >= 4 is 32.5 Å². The van der Waals surface area contributed by atoms with Gasteiger partial charge in [0.15, 0.2) is 5.78 Å². The SMILES string of the molecule is CCC(C)c1oc2ccc(NS(C)(=O)=O)cc2c1C(=O)c1ccc(OCCCN)cc1. The molecule has 1 atom stereocenters. The van der Waals surface area contributed by atoms with Gasteiger partial charge in [-0.2, -0.15) is 0 Å². The molecule has 3 aromatic rings. The first kappa shape index (κ1) is 22.8. The molecule has 0 radical (unpaired) electrons. The Labute approximate surface area is 182 Å². The highest BCUT2D eigenvalue weighted by Crippen LogP contribution is 2.35. The van der Waals surface area contributed by atoms with Crippen LogP contribution in [-0.4, -0.2) is 33.6 Å². The molecule has 166 valence electrons. The Balaban J connectivity index is 2.03. The van der Waals surface area contributed by atoms with Crippen LogP contribution in [0.4, 0.5) is 5.69 Å². The third kappa shape index (κ3) is 5.45. The molecule has 2 aromatic carbocycles. The second-order valence-electron chi connectivity index (χ2n) is 7.58. The highest BCUT2D eigenvalue weighted by molar-refractivity contribution is 7.92. The van der Waals surface area contributed by atoms with Crippen LogP contribution in [0.3, 0.4) is 0 Å². The number of ether oxygens (including phenoxy) is 1. The zero-order valence-electron chi connectivity index (χ0n) is 18.0. The number of carbonyl (C=O) groups excluding carboxylic acids is 1. The van der Waals surface area contributed by atoms with E-state index in [1.165, 1.54) is 0 Å². The fourth-order valence-corrected chi connectivity index (χ4v) is 3.84. The van der Waals surface area contributed by atoms with E-state index >= 15 is 0 Å². The van der Waals surface area contributed by atoms with Gasteiger partial charge in [-0.05, 0) is 61.9 Å². The van der Waals surface area contributed by atoms with Crippen LogP contribution in [0, 0.1) is 0 Å². The summed E-state index contributed by atoms with van der Waals surface area (Å²) in [6.07, 6.45) is 2.63. The number of fused-ring (bicyclic) bond motifs is 1. The van der Waals surface area contributed by atoms with Crippen molar-refractivity contribution in [2.75, 3.05) is 24.1 Å². The first-order valence-electron chi connectivity index (χ1n) is 10.2. The van der Waals surface area contributed by atoms with Gasteiger partial charge >= 0.3 is 0 Å². The third-order valence-electron chi connectivity index (χ3n) is 5.04. The molecule has 0 aliphatic rings. The van der Waals surface area contributed by atoms with E-state index in [2.05, 4.69) is 4.72 Å². The van der Waals surface area contributed by atoms with Gasteiger partial charge in [0, 0.05) is 22.6 Å². The molecule has 1 heterocycles. The fourth-order valence-electron chi connectivity index (χ4n) is 3.28. The summed E-state index contributed by atoms with van der Waals surface area (Å²) in [4.78, 5) is 13.5. The summed E-state index contributed by atoms with van der Waals surface area (Å²) in [5.74, 6) is 1.11. The maximum absolute atomic E-state index is 13.5. The molecule has 0 saturated heterocycles. The number of benzene rings is 2. The molecule has 0 amide bonds. The normalized spacial score (nSPS) is 12.6. The molecule has 8 heteroatoms. The fraction of sp³-hybridized carbons (Fsp3) is 0.348. The first-order valence-corrected chi connectivity index (χ1v) is 12.1. The van der Waals surface area contributed by atoms with Gasteiger partial charge in [0.2, 0.25) is 10.0 Å². The van der Waals surface area contributed by atoms with Crippen molar-refractivity contribution in [1.82, 2.24) is 0 Å². The quantitative estimate of drug-likeness (QED) is 0.357. The molecule has 0 aliphatic heterocycles. The van der Waals surface area contributed by atoms with Crippen LogP contribution in [0.5, 0.6) is 5.75 Å². The van der Waals surface area contributed by atoms with E-state index in [1.807, 2.05) is 13.8 Å². The highest BCUT2D eigenvalue weighted by Gasteiger charge is 2.25. The van der Waals surface area contributed by atoms with Crippen LogP contribution >= 0.6 is 0 Å². The van der Waals surface area contributed by atoms with Gasteiger partial charge in [0.05, 0.1) is 18.4 Å². The number of hydrogen-bond donors (Lipinski definition) is 2. The number of hydrogen-bond acceptors (Lipinski definition) is 6. The standard InChI is InChI=1S/C23H28N2O5S/c1-4-15(2)23-21(19-14-17(25-31(3,27)28)8-11-20(19)30-23)22(26)16-6-9-18(10-7-16)29-13-5-12-24/h6-11,14-15,25H,4-5,12-13,24H2,1-3H3. The topological polar surface area (TPSA) is 112 Å². The molecule has 0 fully saturated rings. The molecule has 0 saturated carbocycles. The zero-order chi connectivity index (χ0) is 22.6. The average Bonchev–Trinajstić information content (AvgIpc) is 3.11. The summed E-state index contributed by atoms with van der Waals surface area (Å²) in [5.41, 5.74) is 7.36. The molecule has 3 rings (SSSR count). The summed E-state index contributed by atoms with van der Waals surface area (Å²) in [6, 6.07) is 11.9. The lowest BCUT2D eigenvalue weighted by Gasteiger charge is -2.09. The molecule has 1 aromatic heterocycles. The summed E-state index contributed by atoms with van der Waals surface area (Å²) in [5, 5.41) is 0.581. The van der Waals surface area contributed by atoms with Gasteiger partial charge in [0.25, 0.3) is 0 Å². The van der Waals surface area contributed by atoms with Crippen LogP contribution in [0.1, 0.15) is 54.3 Å². The van der Waals surface area contributed by atoms with Crippen LogP contribution in [0.2, 0.25) is 0 Å². The molecule has 3 N–H and O–H groups in total. The predicted octanol–water partition coefficient (Wildman–Crippen LogP) is 4.28. The van der Waals surface area contributed by atoms with E-state index in [0.717, 1.165) is 19.1 Å². The van der Waals surface area contributed by atoms with E-state index in [4.69, 9.17) is 14.9 Å². The molecule has 7 nitrogen and oxygen atoms in total. The number of anilines is 1. The Hall–Kier alpha value is -2.84. The molecule has 0 aliphatic carbocycles. The van der Waals surface area contributed by atoms with E-state index in [9.17, 15) is 13.2 Å². The largest absolute Gasteiger partial charge is 0.494 e. The summed E-state index contributed by atoms with van der Waals surface area (Å²) >= 11 is 0. The molecule has 31 heavy (non-hydrogen) atoms. The van der Waals surface area contributed by atoms with Gasteiger partial charge in [0.1, 0.15) is 17.1 Å². The number of sulfonamides is 1. The van der Waals surface area contributed by atoms with Crippen molar-refractivity contribution in [2.24, 2.45) is 5.73 Å². The Kier molecular flexibility index (Phi) is 7.02. The Morgan fingerprint density at radius 1 is 1.19 bits per heavy atom. The van der Waals surface area contributed by atoms with E-state index in [-0.39, 0.29) is 11.7 Å². The third-order valence-corrected chi connectivity index (χ3v) is 5.65. The molecule has 1 unspecified atom stereocenters. The van der Waals surface area contributed by atoms with Gasteiger partial charge in [-0.15, -0.1) is 0 Å². The average molecular weight is 445 g/mol. The van der Waals surface area contributed by atoms with Crippen molar-refractivity contribution in [3.63, 3.8) is 0 Å². The summed E-state index contributed by atoms with van der Waals surface area (Å²) < 4.78 is 37.4. The lowest BCUT2D eigenvalue weighted by Crippen LogP contribution is -2.09. The van der Waals surface area contributed by atoms with Crippen LogP contribution in [0.25, 0.3) is 11.0 Å². The van der Waals surface area contributed by atoms with E-state index < -0.39 is 10.0 Å². The minimum atomic E-state index is -3.45. The number of rotatable bonds is 10. The maximum atomic E-state index is 13.5. The van der Waals surface area contributed by atoms with Crippen LogP contribution in [0.15, 0.2) is 46.9 Å². The molecule has 0 spiro atoms. The number of ketones is 1. The van der Waals surface area contributed by atoms with Gasteiger partial charge in [-0.3, -0.25) is 9.52 Å². The Morgan fingerprint density at radius 2 is 1.90 bits per heavy atom. The minimum absolute atomic E-state index is 0.0246. The van der Waals surface area contributed by atoms with Crippen molar-refractivity contribution in [3.8, 4) is 5.75 Å². The van der Waals surface area contributed by atoms with Crippen molar-refractivity contribution in [2.45, 2.75) is 32.6 Å². The highest BCUT2D eigenvalue weighted by atomic mass is 32.2. The maximum Gasteiger partial charge on any atom is 0.229 e. The van der Waals surface area contributed by atoms with E-state index in [0.29, 0.717) is 52.4 Å². The lowest BCUT2D eigenvalue weighted by atomic mass is 9.94. The number of carbonyl (C=O) groups is 1. The van der Waals surface area contributed by atoms with Gasteiger partial charge < -0.3 is 14.9 Å². The predicted molar refractivity (Wildman–Crippen MR) is 122 cm³/mol. The van der Waals surface area contributed by atoms with Crippen molar-refractivity contribution in [1.29, 1.82) is 0 Å². The summed E-state index contributed by atoms with van der Waals surface area (Å²) in [7, 11) is -3.45.